The molecule has 0 aliphatic carbocycles. The average Bonchev–Trinajstić information content (AvgIpc) is 2.99. The molecule has 0 radical (unpaired) electrons. The lowest BCUT2D eigenvalue weighted by Crippen LogP contribution is -1.87. The van der Waals surface area contributed by atoms with Gasteiger partial charge in [-0.3, -0.25) is 0 Å². The number of benzene rings is 1. The van der Waals surface area contributed by atoms with Crippen molar-refractivity contribution in [2.45, 2.75) is 6.92 Å². The molecule has 0 fully saturated rings. The number of rotatable bonds is 3. The van der Waals surface area contributed by atoms with Crippen molar-refractivity contribution in [3.63, 3.8) is 0 Å². The molecule has 0 aliphatic heterocycles. The molecule has 5 nitrogen and oxygen atoms in total. The van der Waals surface area contributed by atoms with Gasteiger partial charge in [0.25, 0.3) is 0 Å². The molecule has 3 aromatic rings. The van der Waals surface area contributed by atoms with Gasteiger partial charge in [-0.15, -0.1) is 10.2 Å². The van der Waals surface area contributed by atoms with Gasteiger partial charge in [0.15, 0.2) is 5.82 Å². The zero-order valence-electron chi connectivity index (χ0n) is 10.6. The fraction of sp³-hybridized carbons (Fsp3) is 0.154. The summed E-state index contributed by atoms with van der Waals surface area (Å²) in [6.45, 7) is 1.89. The number of hydrogen-bond donors (Lipinski definition) is 0. The molecule has 2 aromatic heterocycles. The molecule has 0 unspecified atom stereocenters. The van der Waals surface area contributed by atoms with Gasteiger partial charge in [0.1, 0.15) is 10.8 Å². The second-order valence-corrected chi connectivity index (χ2v) is 4.98. The molecule has 1 aromatic carbocycles. The predicted octanol–water partition coefficient (Wildman–Crippen LogP) is 2.67. The largest absolute Gasteiger partial charge is 0.497 e. The lowest BCUT2D eigenvalue weighted by atomic mass is 10.2. The van der Waals surface area contributed by atoms with Crippen LogP contribution >= 0.6 is 11.3 Å². The Labute approximate surface area is 114 Å². The molecule has 6 heteroatoms. The van der Waals surface area contributed by atoms with Crippen molar-refractivity contribution in [3.05, 3.63) is 40.7 Å². The zero-order valence-corrected chi connectivity index (χ0v) is 11.4. The second kappa shape index (κ2) is 4.81. The van der Waals surface area contributed by atoms with Crippen LogP contribution in [-0.2, 0) is 0 Å². The van der Waals surface area contributed by atoms with Gasteiger partial charge in [-0.1, -0.05) is 29.5 Å². The Morgan fingerprint density at radius 2 is 1.95 bits per heavy atom. The smallest absolute Gasteiger partial charge is 0.234 e. The number of aryl methyl sites for hydroxylation is 1. The van der Waals surface area contributed by atoms with E-state index in [9.17, 15) is 0 Å². The number of fused-ring (bicyclic) bond motifs is 1. The summed E-state index contributed by atoms with van der Waals surface area (Å²) in [5.74, 6) is 1.65. The highest BCUT2D eigenvalue weighted by Gasteiger charge is 2.05. The lowest BCUT2D eigenvalue weighted by molar-refractivity contribution is 0.415. The van der Waals surface area contributed by atoms with E-state index in [-0.39, 0.29) is 0 Å². The van der Waals surface area contributed by atoms with E-state index in [1.54, 1.807) is 11.6 Å². The maximum Gasteiger partial charge on any atom is 0.234 e. The molecule has 0 bridgehead atoms. The van der Waals surface area contributed by atoms with Crippen molar-refractivity contribution in [1.82, 2.24) is 19.8 Å². The molecule has 2 heterocycles. The second-order valence-electron chi connectivity index (χ2n) is 3.99. The van der Waals surface area contributed by atoms with E-state index in [2.05, 4.69) is 15.3 Å². The first kappa shape index (κ1) is 11.9. The van der Waals surface area contributed by atoms with E-state index < -0.39 is 0 Å². The van der Waals surface area contributed by atoms with Crippen molar-refractivity contribution < 1.29 is 4.74 Å². The Morgan fingerprint density at radius 1 is 1.16 bits per heavy atom. The number of nitrogens with zero attached hydrogens (tertiary/aromatic N) is 4. The highest BCUT2D eigenvalue weighted by molar-refractivity contribution is 7.17. The summed E-state index contributed by atoms with van der Waals surface area (Å²) in [6, 6.07) is 7.87. The molecule has 0 saturated carbocycles. The van der Waals surface area contributed by atoms with Crippen LogP contribution in [0.15, 0.2) is 24.3 Å². The van der Waals surface area contributed by atoms with Crippen LogP contribution in [0.5, 0.6) is 5.75 Å². The molecule has 19 heavy (non-hydrogen) atoms. The topological polar surface area (TPSA) is 52.3 Å². The number of aromatic nitrogens is 4. The molecule has 0 spiro atoms. The SMILES string of the molecule is COc1ccc(/C=C\c2nn3c(C)nnc3s2)cc1. The number of methoxy groups -OCH3 is 1. The Bertz CT molecular complexity index is 727. The minimum Gasteiger partial charge on any atom is -0.497 e. The summed E-state index contributed by atoms with van der Waals surface area (Å²) < 4.78 is 6.87. The van der Waals surface area contributed by atoms with Crippen molar-refractivity contribution >= 4 is 28.4 Å². The Balaban J connectivity index is 1.84. The molecular weight excluding hydrogens is 260 g/mol. The molecule has 3 rings (SSSR count). The van der Waals surface area contributed by atoms with Crippen molar-refractivity contribution in [1.29, 1.82) is 0 Å². The maximum atomic E-state index is 5.12. The lowest BCUT2D eigenvalue weighted by Gasteiger charge is -1.98. The summed E-state index contributed by atoms with van der Waals surface area (Å²) in [5, 5.41) is 13.3. The fourth-order valence-electron chi connectivity index (χ4n) is 1.68. The molecule has 0 atom stereocenters. The first-order chi connectivity index (χ1) is 9.26. The van der Waals surface area contributed by atoms with Crippen LogP contribution in [0.1, 0.15) is 16.4 Å². The van der Waals surface area contributed by atoms with Crippen LogP contribution in [0, 0.1) is 6.92 Å². The van der Waals surface area contributed by atoms with Crippen LogP contribution in [0.2, 0.25) is 0 Å². The quantitative estimate of drug-likeness (QED) is 0.735. The first-order valence-corrected chi connectivity index (χ1v) is 6.59. The first-order valence-electron chi connectivity index (χ1n) is 5.77. The summed E-state index contributed by atoms with van der Waals surface area (Å²) in [4.78, 5) is 0.812. The summed E-state index contributed by atoms with van der Waals surface area (Å²) in [6.07, 6.45) is 3.99. The Kier molecular flexibility index (Phi) is 3.00. The van der Waals surface area contributed by atoms with Crippen molar-refractivity contribution in [2.24, 2.45) is 0 Å². The summed E-state index contributed by atoms with van der Waals surface area (Å²) >= 11 is 1.51. The Hall–Kier alpha value is -2.21. The summed E-state index contributed by atoms with van der Waals surface area (Å²) in [7, 11) is 1.66. The normalized spacial score (nSPS) is 11.5. The zero-order chi connectivity index (χ0) is 13.2. The Morgan fingerprint density at radius 3 is 2.63 bits per heavy atom. The maximum absolute atomic E-state index is 5.12. The van der Waals surface area contributed by atoms with Gasteiger partial charge in [-0.25, -0.2) is 0 Å². The minimum atomic E-state index is 0.801. The van der Waals surface area contributed by atoms with Gasteiger partial charge in [0.2, 0.25) is 4.96 Å². The van der Waals surface area contributed by atoms with Crippen LogP contribution < -0.4 is 4.74 Å². The van der Waals surface area contributed by atoms with Crippen LogP contribution in [0.25, 0.3) is 17.1 Å². The molecular formula is C13H12N4OS. The monoisotopic (exact) mass is 272 g/mol. The van der Waals surface area contributed by atoms with Crippen molar-refractivity contribution in [3.8, 4) is 5.75 Å². The molecule has 0 N–H and O–H groups in total. The number of ether oxygens (including phenoxy) is 1. The highest BCUT2D eigenvalue weighted by atomic mass is 32.1. The van der Waals surface area contributed by atoms with Crippen LogP contribution in [0.4, 0.5) is 0 Å². The molecule has 96 valence electrons. The standard InChI is InChI=1S/C13H12N4OS/c1-9-14-15-13-17(9)16-12(19-13)8-5-10-3-6-11(18-2)7-4-10/h3-8H,1-2H3/b8-5-. The van der Waals surface area contributed by atoms with Gasteiger partial charge in [0.05, 0.1) is 7.11 Å². The third-order valence-corrected chi connectivity index (χ3v) is 3.56. The van der Waals surface area contributed by atoms with E-state index in [0.29, 0.717) is 0 Å². The van der Waals surface area contributed by atoms with E-state index in [1.165, 1.54) is 11.3 Å². The van der Waals surface area contributed by atoms with Gasteiger partial charge in [0, 0.05) is 0 Å². The third kappa shape index (κ3) is 2.34. The summed E-state index contributed by atoms with van der Waals surface area (Å²) in [5.41, 5.74) is 1.10. The molecule has 0 saturated heterocycles. The molecule has 0 aliphatic rings. The van der Waals surface area contributed by atoms with Gasteiger partial charge in [-0.2, -0.15) is 9.61 Å². The number of hydrogen-bond acceptors (Lipinski definition) is 5. The van der Waals surface area contributed by atoms with Gasteiger partial charge in [-0.05, 0) is 30.7 Å². The van der Waals surface area contributed by atoms with Crippen LogP contribution in [-0.4, -0.2) is 26.9 Å². The molecule has 0 amide bonds. The predicted molar refractivity (Wildman–Crippen MR) is 75.3 cm³/mol. The average molecular weight is 272 g/mol. The van der Waals surface area contributed by atoms with E-state index >= 15 is 0 Å². The van der Waals surface area contributed by atoms with Gasteiger partial charge >= 0.3 is 0 Å². The minimum absolute atomic E-state index is 0.801. The highest BCUT2D eigenvalue weighted by Crippen LogP contribution is 2.17. The fourth-order valence-corrected chi connectivity index (χ4v) is 2.47. The van der Waals surface area contributed by atoms with Crippen LogP contribution in [0.3, 0.4) is 0 Å². The van der Waals surface area contributed by atoms with E-state index in [4.69, 9.17) is 4.74 Å². The van der Waals surface area contributed by atoms with E-state index in [1.807, 2.05) is 43.3 Å². The van der Waals surface area contributed by atoms with Crippen molar-refractivity contribution in [2.75, 3.05) is 7.11 Å². The van der Waals surface area contributed by atoms with E-state index in [0.717, 1.165) is 27.1 Å². The third-order valence-electron chi connectivity index (χ3n) is 2.70. The van der Waals surface area contributed by atoms with Gasteiger partial charge < -0.3 is 4.74 Å².